The molecule has 190 valence electrons. The molecule has 3 aromatic rings. The van der Waals surface area contributed by atoms with Crippen LogP contribution in [0.3, 0.4) is 0 Å². The molecule has 0 aliphatic heterocycles. The van der Waals surface area contributed by atoms with E-state index in [0.29, 0.717) is 23.7 Å². The van der Waals surface area contributed by atoms with Crippen LogP contribution in [0.25, 0.3) is 0 Å². The quantitative estimate of drug-likeness (QED) is 0.295. The summed E-state index contributed by atoms with van der Waals surface area (Å²) in [7, 11) is 0. The number of benzene rings is 2. The highest BCUT2D eigenvalue weighted by molar-refractivity contribution is 5.85. The van der Waals surface area contributed by atoms with Crippen molar-refractivity contribution in [3.05, 3.63) is 87.2 Å². The van der Waals surface area contributed by atoms with E-state index in [0.717, 1.165) is 22.8 Å². The van der Waals surface area contributed by atoms with Gasteiger partial charge in [0, 0.05) is 0 Å². The summed E-state index contributed by atoms with van der Waals surface area (Å²) in [6.07, 6.45) is 3.79. The zero-order valence-electron chi connectivity index (χ0n) is 23.8. The third-order valence-corrected chi connectivity index (χ3v) is 6.56. The molecule has 0 saturated heterocycles. The number of aryl methyl sites for hydroxylation is 2. The Morgan fingerprint density at radius 2 is 0.861 bits per heavy atom. The first-order chi connectivity index (χ1) is 17.0. The van der Waals surface area contributed by atoms with Crippen LogP contribution in [0.4, 0.5) is 11.4 Å². The molecule has 0 bridgehead atoms. The van der Waals surface area contributed by atoms with Crippen molar-refractivity contribution in [2.45, 2.75) is 92.9 Å². The van der Waals surface area contributed by atoms with Gasteiger partial charge in [-0.3, -0.25) is 9.98 Å². The Hall–Kier alpha value is -3.07. The maximum Gasteiger partial charge on any atom is 0.0820 e. The lowest BCUT2D eigenvalue weighted by Crippen LogP contribution is -1.99. The zero-order valence-corrected chi connectivity index (χ0v) is 23.8. The van der Waals surface area contributed by atoms with Crippen molar-refractivity contribution in [1.82, 2.24) is 4.98 Å². The highest BCUT2D eigenvalue weighted by atomic mass is 14.8. The van der Waals surface area contributed by atoms with Gasteiger partial charge in [0.05, 0.1) is 35.2 Å². The molecule has 3 rings (SSSR count). The summed E-state index contributed by atoms with van der Waals surface area (Å²) in [5.74, 6) is 1.61. The lowest BCUT2D eigenvalue weighted by atomic mass is 9.91. The molecule has 0 spiro atoms. The van der Waals surface area contributed by atoms with Crippen LogP contribution in [0.1, 0.15) is 124 Å². The van der Waals surface area contributed by atoms with Crippen LogP contribution in [0, 0.1) is 13.8 Å². The van der Waals surface area contributed by atoms with Gasteiger partial charge in [-0.05, 0) is 71.9 Å². The largest absolute Gasteiger partial charge is 0.254 e. The van der Waals surface area contributed by atoms with Gasteiger partial charge in [-0.1, -0.05) is 96.8 Å². The fraction of sp³-hybridized carbons (Fsp3) is 0.424. The van der Waals surface area contributed by atoms with Crippen molar-refractivity contribution in [2.75, 3.05) is 0 Å². The Balaban J connectivity index is 2.00. The maximum absolute atomic E-state index is 4.97. The van der Waals surface area contributed by atoms with E-state index >= 15 is 0 Å². The van der Waals surface area contributed by atoms with Crippen LogP contribution in [0.5, 0.6) is 0 Å². The molecule has 0 atom stereocenters. The first-order valence-electron chi connectivity index (χ1n) is 13.3. The van der Waals surface area contributed by atoms with Crippen molar-refractivity contribution >= 4 is 23.8 Å². The molecule has 36 heavy (non-hydrogen) atoms. The number of rotatable bonds is 8. The Kier molecular flexibility index (Phi) is 9.00. The first kappa shape index (κ1) is 27.5. The van der Waals surface area contributed by atoms with E-state index in [9.17, 15) is 0 Å². The predicted octanol–water partition coefficient (Wildman–Crippen LogP) is 9.69. The molecule has 0 amide bonds. The van der Waals surface area contributed by atoms with Gasteiger partial charge >= 0.3 is 0 Å². The number of hydrogen-bond acceptors (Lipinski definition) is 3. The minimum Gasteiger partial charge on any atom is -0.254 e. The van der Waals surface area contributed by atoms with Crippen LogP contribution < -0.4 is 0 Å². The van der Waals surface area contributed by atoms with E-state index < -0.39 is 0 Å². The average Bonchev–Trinajstić information content (AvgIpc) is 2.81. The van der Waals surface area contributed by atoms with E-state index in [1.807, 2.05) is 30.6 Å². The van der Waals surface area contributed by atoms with Crippen molar-refractivity contribution in [2.24, 2.45) is 9.98 Å². The van der Waals surface area contributed by atoms with Crippen molar-refractivity contribution in [1.29, 1.82) is 0 Å². The second-order valence-electron chi connectivity index (χ2n) is 11.2. The van der Waals surface area contributed by atoms with E-state index in [-0.39, 0.29) is 0 Å². The number of aliphatic imine (C=N–C) groups is 2. The molecule has 0 N–H and O–H groups in total. The molecule has 0 aliphatic carbocycles. The highest BCUT2D eigenvalue weighted by Gasteiger charge is 2.15. The molecule has 0 fully saturated rings. The summed E-state index contributed by atoms with van der Waals surface area (Å²) < 4.78 is 0. The predicted molar refractivity (Wildman–Crippen MR) is 157 cm³/mol. The Morgan fingerprint density at radius 1 is 0.556 bits per heavy atom. The van der Waals surface area contributed by atoms with Crippen LogP contribution in [-0.4, -0.2) is 17.4 Å². The molecule has 1 heterocycles. The summed E-state index contributed by atoms with van der Waals surface area (Å²) in [6.45, 7) is 22.2. The normalized spacial score (nSPS) is 12.4. The Bertz CT molecular complexity index is 1110. The van der Waals surface area contributed by atoms with Crippen LogP contribution in [0.15, 0.2) is 52.4 Å². The van der Waals surface area contributed by atoms with Crippen molar-refractivity contribution in [3.63, 3.8) is 0 Å². The van der Waals surface area contributed by atoms with Gasteiger partial charge in [0.1, 0.15) is 0 Å². The molecule has 0 saturated carbocycles. The smallest absolute Gasteiger partial charge is 0.0820 e. The van der Waals surface area contributed by atoms with Crippen molar-refractivity contribution < 1.29 is 0 Å². The van der Waals surface area contributed by atoms with Crippen molar-refractivity contribution in [3.8, 4) is 0 Å². The number of aromatic nitrogens is 1. The number of nitrogens with zero attached hydrogens (tertiary/aromatic N) is 3. The monoisotopic (exact) mass is 481 g/mol. The van der Waals surface area contributed by atoms with Gasteiger partial charge in [0.25, 0.3) is 0 Å². The van der Waals surface area contributed by atoms with Crippen LogP contribution >= 0.6 is 0 Å². The molecule has 0 aliphatic rings. The standard InChI is InChI=1S/C33H43N3/c1-20(2)28-14-24(9)15-29(21(3)4)32(28)34-18-26-12-11-13-27(36-26)19-35-33-30(22(5)6)16-25(10)17-31(33)23(7)8/h11-23H,1-10H3. The topological polar surface area (TPSA) is 37.6 Å². The molecule has 3 nitrogen and oxygen atoms in total. The zero-order chi connectivity index (χ0) is 26.6. The lowest BCUT2D eigenvalue weighted by Gasteiger charge is -2.18. The average molecular weight is 482 g/mol. The minimum atomic E-state index is 0.404. The van der Waals surface area contributed by atoms with E-state index in [4.69, 9.17) is 15.0 Å². The summed E-state index contributed by atoms with van der Waals surface area (Å²) in [6, 6.07) is 15.1. The summed E-state index contributed by atoms with van der Waals surface area (Å²) in [5, 5.41) is 0. The van der Waals surface area contributed by atoms with Gasteiger partial charge < -0.3 is 0 Å². The SMILES string of the molecule is Cc1cc(C(C)C)c(N=Cc2cccc(C=Nc3c(C(C)C)cc(C)cc3C(C)C)n2)c(C(C)C)c1. The highest BCUT2D eigenvalue weighted by Crippen LogP contribution is 2.37. The van der Waals surface area contributed by atoms with Gasteiger partial charge in [-0.2, -0.15) is 0 Å². The number of hydrogen-bond donors (Lipinski definition) is 0. The Labute approximate surface area is 218 Å². The third kappa shape index (κ3) is 6.57. The van der Waals surface area contributed by atoms with Gasteiger partial charge in [-0.25, -0.2) is 4.98 Å². The lowest BCUT2D eigenvalue weighted by molar-refractivity contribution is 0.832. The fourth-order valence-corrected chi connectivity index (χ4v) is 4.60. The molecule has 3 heteroatoms. The third-order valence-electron chi connectivity index (χ3n) is 6.56. The van der Waals surface area contributed by atoms with Gasteiger partial charge in [0.15, 0.2) is 0 Å². The first-order valence-corrected chi connectivity index (χ1v) is 13.3. The van der Waals surface area contributed by atoms with E-state index in [2.05, 4.69) is 93.5 Å². The van der Waals surface area contributed by atoms with Crippen LogP contribution in [0.2, 0.25) is 0 Å². The second kappa shape index (κ2) is 11.8. The summed E-state index contributed by atoms with van der Waals surface area (Å²) in [5.41, 5.74) is 11.5. The Morgan fingerprint density at radius 3 is 1.14 bits per heavy atom. The molecule has 0 unspecified atom stereocenters. The number of pyridine rings is 1. The molecular formula is C33H43N3. The second-order valence-corrected chi connectivity index (χ2v) is 11.2. The maximum atomic E-state index is 4.97. The molecular weight excluding hydrogens is 438 g/mol. The minimum absolute atomic E-state index is 0.404. The van der Waals surface area contributed by atoms with Gasteiger partial charge in [-0.15, -0.1) is 0 Å². The molecule has 2 aromatic carbocycles. The van der Waals surface area contributed by atoms with Gasteiger partial charge in [0.2, 0.25) is 0 Å². The van der Waals surface area contributed by atoms with E-state index in [1.54, 1.807) is 0 Å². The fourth-order valence-electron chi connectivity index (χ4n) is 4.60. The molecule has 1 aromatic heterocycles. The van der Waals surface area contributed by atoms with Crippen LogP contribution in [-0.2, 0) is 0 Å². The van der Waals surface area contributed by atoms with E-state index in [1.165, 1.54) is 33.4 Å². The summed E-state index contributed by atoms with van der Waals surface area (Å²) >= 11 is 0. The summed E-state index contributed by atoms with van der Waals surface area (Å²) in [4.78, 5) is 14.8. The molecule has 0 radical (unpaired) electrons.